The maximum absolute atomic E-state index is 15.5. The SMILES string of the molecule is CC(=O)O[C@H]1C(=O)[C@@]2(C)C(C(OC(=O)c3ccccc3)[C@]3(O)C[C@H](OC(=O)C(O)[C@H](NC(=O)c4ccccc4)c4ccccc4)C(C)=C1C3(C)C)[C@]1(OC(C)=O)CO[C@@H]1C[C@@H]2O. The van der Waals surface area contributed by atoms with E-state index >= 15 is 4.79 Å². The Hall–Kier alpha value is -5.74. The molecule has 4 aliphatic rings. The Balaban J connectivity index is 1.39. The minimum absolute atomic E-state index is 0.00289. The summed E-state index contributed by atoms with van der Waals surface area (Å²) in [4.78, 5) is 83.5. The van der Waals surface area contributed by atoms with Crippen LogP contribution < -0.4 is 5.32 Å². The van der Waals surface area contributed by atoms with E-state index in [-0.39, 0.29) is 35.3 Å². The fraction of sp³-hybridized carbons (Fsp3) is 0.447. The zero-order valence-electron chi connectivity index (χ0n) is 35.2. The van der Waals surface area contributed by atoms with E-state index in [1.807, 2.05) is 0 Å². The van der Waals surface area contributed by atoms with Crippen LogP contribution in [0.1, 0.15) is 86.7 Å². The summed E-state index contributed by atoms with van der Waals surface area (Å²) in [5.41, 5.74) is -7.02. The number of fused-ring (bicyclic) bond motifs is 5. The minimum atomic E-state index is -2.39. The molecule has 3 unspecified atom stereocenters. The average molecular weight is 854 g/mol. The molecule has 1 heterocycles. The van der Waals surface area contributed by atoms with Crippen molar-refractivity contribution >= 4 is 35.6 Å². The van der Waals surface area contributed by atoms with Gasteiger partial charge in [-0.25, -0.2) is 9.59 Å². The van der Waals surface area contributed by atoms with Gasteiger partial charge in [0.25, 0.3) is 5.91 Å². The van der Waals surface area contributed by atoms with Crippen LogP contribution in [0.15, 0.2) is 102 Å². The normalized spacial score (nSPS) is 31.9. The summed E-state index contributed by atoms with van der Waals surface area (Å²) in [6, 6.07) is 22.9. The maximum atomic E-state index is 15.5. The van der Waals surface area contributed by atoms with Gasteiger partial charge in [-0.05, 0) is 54.8 Å². The number of aliphatic hydroxyl groups is 3. The van der Waals surface area contributed by atoms with Crippen LogP contribution in [0.4, 0.5) is 0 Å². The molecule has 1 aliphatic heterocycles. The first-order valence-electron chi connectivity index (χ1n) is 20.5. The van der Waals surface area contributed by atoms with Gasteiger partial charge in [0, 0.05) is 37.7 Å². The third kappa shape index (κ3) is 7.29. The van der Waals surface area contributed by atoms with E-state index in [0.717, 1.165) is 13.8 Å². The highest BCUT2D eigenvalue weighted by molar-refractivity contribution is 5.96. The molecule has 1 amide bonds. The summed E-state index contributed by atoms with van der Waals surface area (Å²) in [5.74, 6) is -6.84. The summed E-state index contributed by atoms with van der Waals surface area (Å²) >= 11 is 0. The standard InChI is InChI=1S/C47H51NO14/c1-25-31(60-43(56)36(52)35(28-16-10-7-11-17-28)48-41(54)29-18-12-8-13-19-29)23-47(57)40(61-42(55)30-20-14-9-15-21-30)38-45(6,32(51)22-33-46(38,24-58-33)62-27(3)50)39(53)37(59-26(2)49)34(25)44(47,4)5/h7-21,31-33,35-38,40,51-52,57H,22-24H2,1-6H3,(H,48,54)/t31-,32-,33+,35+,36?,37+,38?,40?,45+,46-,47+/m0/s1. The molecular weight excluding hydrogens is 803 g/mol. The Morgan fingerprint density at radius 1 is 0.823 bits per heavy atom. The van der Waals surface area contributed by atoms with Crippen LogP contribution in [0.3, 0.4) is 0 Å². The lowest BCUT2D eigenvalue weighted by atomic mass is 9.44. The van der Waals surface area contributed by atoms with Crippen molar-refractivity contribution in [3.8, 4) is 0 Å². The molecule has 4 N–H and O–H groups in total. The zero-order valence-corrected chi connectivity index (χ0v) is 35.2. The molecule has 328 valence electrons. The summed E-state index contributed by atoms with van der Waals surface area (Å²) in [6.07, 6.45) is -10.5. The van der Waals surface area contributed by atoms with Crippen LogP contribution in [0.25, 0.3) is 0 Å². The fourth-order valence-electron chi connectivity index (χ4n) is 10.2. The summed E-state index contributed by atoms with van der Waals surface area (Å²) in [7, 11) is 0. The molecule has 7 rings (SSSR count). The number of ketones is 1. The molecule has 2 saturated carbocycles. The lowest BCUT2D eigenvalue weighted by Gasteiger charge is -2.67. The van der Waals surface area contributed by atoms with Crippen molar-refractivity contribution < 1.29 is 67.8 Å². The van der Waals surface area contributed by atoms with Crippen LogP contribution in [0, 0.1) is 16.7 Å². The molecule has 11 atom stereocenters. The van der Waals surface area contributed by atoms with Gasteiger partial charge in [-0.3, -0.25) is 19.2 Å². The van der Waals surface area contributed by atoms with Crippen LogP contribution in [-0.4, -0.2) is 105 Å². The second kappa shape index (κ2) is 16.5. The molecule has 0 radical (unpaired) electrons. The van der Waals surface area contributed by atoms with E-state index in [0.29, 0.717) is 5.56 Å². The molecule has 1 saturated heterocycles. The van der Waals surface area contributed by atoms with Gasteiger partial charge in [-0.15, -0.1) is 0 Å². The van der Waals surface area contributed by atoms with Gasteiger partial charge in [0.15, 0.2) is 23.6 Å². The first-order chi connectivity index (χ1) is 29.3. The number of Topliss-reactive ketones (excluding diaryl/α,β-unsaturated/α-hetero) is 1. The molecule has 2 bridgehead atoms. The topological polar surface area (TPSA) is 221 Å². The lowest BCUT2D eigenvalue weighted by Crippen LogP contribution is -2.82. The third-order valence-corrected chi connectivity index (χ3v) is 13.5. The van der Waals surface area contributed by atoms with Crippen molar-refractivity contribution in [2.45, 2.75) is 108 Å². The van der Waals surface area contributed by atoms with Crippen LogP contribution in [0.5, 0.6) is 0 Å². The Morgan fingerprint density at radius 2 is 1.40 bits per heavy atom. The summed E-state index contributed by atoms with van der Waals surface area (Å²) < 4.78 is 30.3. The molecule has 3 fully saturated rings. The number of hydrogen-bond acceptors (Lipinski definition) is 14. The quantitative estimate of drug-likeness (QED) is 0.130. The second-order valence-electron chi connectivity index (χ2n) is 17.4. The third-order valence-electron chi connectivity index (χ3n) is 13.5. The Kier molecular flexibility index (Phi) is 11.8. The molecule has 15 nitrogen and oxygen atoms in total. The predicted octanol–water partition coefficient (Wildman–Crippen LogP) is 3.74. The average Bonchev–Trinajstić information content (AvgIpc) is 3.24. The molecule has 3 aromatic rings. The Bertz CT molecular complexity index is 2280. The molecule has 0 spiro atoms. The number of nitrogens with one attached hydrogen (secondary N) is 1. The Labute approximate surface area is 358 Å². The first kappa shape index (κ1) is 44.3. The largest absolute Gasteiger partial charge is 0.456 e. The van der Waals surface area contributed by atoms with Crippen molar-refractivity contribution in [1.29, 1.82) is 0 Å². The predicted molar refractivity (Wildman–Crippen MR) is 218 cm³/mol. The lowest BCUT2D eigenvalue weighted by molar-refractivity contribution is -0.346. The molecule has 3 aliphatic carbocycles. The van der Waals surface area contributed by atoms with Gasteiger partial charge in [0.2, 0.25) is 0 Å². The number of carbonyl (C=O) groups is 6. The monoisotopic (exact) mass is 853 g/mol. The van der Waals surface area contributed by atoms with Crippen LogP contribution in [-0.2, 0) is 42.9 Å². The molecule has 0 aromatic heterocycles. The van der Waals surface area contributed by atoms with Crippen LogP contribution in [0.2, 0.25) is 0 Å². The van der Waals surface area contributed by atoms with Gasteiger partial charge in [-0.1, -0.05) is 80.6 Å². The van der Waals surface area contributed by atoms with Crippen molar-refractivity contribution in [1.82, 2.24) is 5.32 Å². The van der Waals surface area contributed by atoms with Gasteiger partial charge in [0.05, 0.1) is 35.6 Å². The zero-order chi connectivity index (χ0) is 44.9. The summed E-state index contributed by atoms with van der Waals surface area (Å²) in [6.45, 7) is 7.97. The van der Waals surface area contributed by atoms with E-state index in [4.69, 9.17) is 23.7 Å². The van der Waals surface area contributed by atoms with Gasteiger partial charge in [-0.2, -0.15) is 0 Å². The van der Waals surface area contributed by atoms with E-state index in [9.17, 15) is 39.3 Å². The van der Waals surface area contributed by atoms with E-state index in [2.05, 4.69) is 5.32 Å². The number of amides is 1. The van der Waals surface area contributed by atoms with E-state index < -0.39 is 113 Å². The van der Waals surface area contributed by atoms with Crippen molar-refractivity contribution in [3.05, 3.63) is 119 Å². The van der Waals surface area contributed by atoms with Crippen molar-refractivity contribution in [2.75, 3.05) is 6.61 Å². The molecule has 15 heteroatoms. The number of benzene rings is 3. The fourth-order valence-corrected chi connectivity index (χ4v) is 10.2. The van der Waals surface area contributed by atoms with Crippen molar-refractivity contribution in [2.24, 2.45) is 16.7 Å². The van der Waals surface area contributed by atoms with Crippen LogP contribution >= 0.6 is 0 Å². The highest BCUT2D eigenvalue weighted by Crippen LogP contribution is 2.64. The number of aliphatic hydroxyl groups excluding tert-OH is 2. The number of esters is 4. The van der Waals surface area contributed by atoms with Gasteiger partial charge in [0.1, 0.15) is 23.9 Å². The molecule has 3 aromatic carbocycles. The molecular formula is C47H51NO14. The van der Waals surface area contributed by atoms with Gasteiger partial charge < -0.3 is 44.3 Å². The minimum Gasteiger partial charge on any atom is -0.456 e. The maximum Gasteiger partial charge on any atom is 0.338 e. The number of rotatable bonds is 10. The van der Waals surface area contributed by atoms with Gasteiger partial charge >= 0.3 is 23.9 Å². The van der Waals surface area contributed by atoms with Crippen molar-refractivity contribution in [3.63, 3.8) is 0 Å². The number of hydrogen-bond donors (Lipinski definition) is 4. The smallest absolute Gasteiger partial charge is 0.338 e. The highest BCUT2D eigenvalue weighted by atomic mass is 16.6. The van der Waals surface area contributed by atoms with E-state index in [1.165, 1.54) is 26.0 Å². The number of carbonyl (C=O) groups excluding carboxylic acids is 6. The molecule has 62 heavy (non-hydrogen) atoms. The van der Waals surface area contributed by atoms with E-state index in [1.54, 1.807) is 92.7 Å². The highest BCUT2D eigenvalue weighted by Gasteiger charge is 2.78. The first-order valence-corrected chi connectivity index (χ1v) is 20.5. The second-order valence-corrected chi connectivity index (χ2v) is 17.4. The number of ether oxygens (including phenoxy) is 5. The summed E-state index contributed by atoms with van der Waals surface area (Å²) in [5, 5.41) is 40.2. The Morgan fingerprint density at radius 3 is 1.95 bits per heavy atom.